The molecule has 20 heavy (non-hydrogen) atoms. The zero-order chi connectivity index (χ0) is 14.4. The molecule has 3 heteroatoms. The minimum Gasteiger partial charge on any atom is -0.344 e. The maximum absolute atomic E-state index is 12.4. The van der Waals surface area contributed by atoms with Crippen molar-refractivity contribution in [2.24, 2.45) is 0 Å². The van der Waals surface area contributed by atoms with Crippen LogP contribution in [0.2, 0.25) is 0 Å². The molecule has 0 saturated heterocycles. The van der Waals surface area contributed by atoms with Crippen molar-refractivity contribution in [1.82, 2.24) is 5.32 Å². The molecule has 1 N–H and O–H groups in total. The highest BCUT2D eigenvalue weighted by Crippen LogP contribution is 2.17. The van der Waals surface area contributed by atoms with Crippen LogP contribution in [0.25, 0.3) is 0 Å². The van der Waals surface area contributed by atoms with E-state index in [0.717, 1.165) is 23.1 Å². The van der Waals surface area contributed by atoms with Crippen LogP contribution in [0.4, 0.5) is 0 Å². The molecule has 2 nitrogen and oxygen atoms in total. The molecule has 2 rings (SSSR count). The molecule has 0 aliphatic rings. The number of rotatable bonds is 5. The molecule has 1 amide bonds. The van der Waals surface area contributed by atoms with Crippen LogP contribution >= 0.6 is 15.9 Å². The number of aryl methyl sites for hydroxylation is 1. The predicted octanol–water partition coefficient (Wildman–Crippen LogP) is 4.12. The van der Waals surface area contributed by atoms with E-state index in [4.69, 9.17) is 0 Å². The molecule has 1 unspecified atom stereocenters. The Hall–Kier alpha value is -1.61. The van der Waals surface area contributed by atoms with E-state index >= 15 is 0 Å². The Bertz CT molecular complexity index is 568. The summed E-state index contributed by atoms with van der Waals surface area (Å²) in [6.07, 6.45) is 0.855. The molecular weight excluding hydrogens is 314 g/mol. The van der Waals surface area contributed by atoms with Gasteiger partial charge in [-0.2, -0.15) is 0 Å². The maximum atomic E-state index is 12.4. The summed E-state index contributed by atoms with van der Waals surface area (Å²) in [5, 5.41) is 3.78. The van der Waals surface area contributed by atoms with Crippen LogP contribution in [0.3, 0.4) is 0 Å². The van der Waals surface area contributed by atoms with Crippen molar-refractivity contribution < 1.29 is 4.79 Å². The molecule has 0 bridgehead atoms. The zero-order valence-corrected chi connectivity index (χ0v) is 13.1. The van der Waals surface area contributed by atoms with Crippen LogP contribution in [-0.2, 0) is 6.42 Å². The van der Waals surface area contributed by atoms with Crippen LogP contribution in [0.1, 0.15) is 34.5 Å². The first kappa shape index (κ1) is 14.8. The molecule has 104 valence electrons. The van der Waals surface area contributed by atoms with Crippen molar-refractivity contribution in [1.29, 1.82) is 0 Å². The van der Waals surface area contributed by atoms with Gasteiger partial charge < -0.3 is 5.32 Å². The molecule has 0 heterocycles. The highest BCUT2D eigenvalue weighted by atomic mass is 79.9. The molecule has 2 aromatic carbocycles. The lowest BCUT2D eigenvalue weighted by Gasteiger charge is -2.17. The fourth-order valence-electron chi connectivity index (χ4n) is 2.18. The van der Waals surface area contributed by atoms with Crippen LogP contribution in [0.5, 0.6) is 0 Å². The number of hydrogen-bond donors (Lipinski definition) is 1. The summed E-state index contributed by atoms with van der Waals surface area (Å²) in [6, 6.07) is 17.7. The predicted molar refractivity (Wildman–Crippen MR) is 86.3 cm³/mol. The van der Waals surface area contributed by atoms with Crippen LogP contribution in [0.15, 0.2) is 54.6 Å². The van der Waals surface area contributed by atoms with E-state index in [-0.39, 0.29) is 11.9 Å². The van der Waals surface area contributed by atoms with Crippen molar-refractivity contribution in [3.63, 3.8) is 0 Å². The standard InChI is InChI=1S/C17H18BrNO/c1-2-13-8-6-7-11-15(13)17(20)19-16(12-18)14-9-4-3-5-10-14/h3-11,16H,2,12H2,1H3,(H,19,20). The quantitative estimate of drug-likeness (QED) is 0.820. The van der Waals surface area contributed by atoms with Gasteiger partial charge in [-0.3, -0.25) is 4.79 Å². The molecular formula is C17H18BrNO. The number of carbonyl (C=O) groups is 1. The summed E-state index contributed by atoms with van der Waals surface area (Å²) in [4.78, 5) is 12.4. The zero-order valence-electron chi connectivity index (χ0n) is 11.5. The van der Waals surface area contributed by atoms with Crippen LogP contribution in [0, 0.1) is 0 Å². The average Bonchev–Trinajstić information content (AvgIpc) is 2.53. The normalized spacial score (nSPS) is 11.9. The van der Waals surface area contributed by atoms with Crippen molar-refractivity contribution in [2.45, 2.75) is 19.4 Å². The number of nitrogens with one attached hydrogen (secondary N) is 1. The number of halogens is 1. The summed E-state index contributed by atoms with van der Waals surface area (Å²) in [5.74, 6) is -0.0178. The van der Waals surface area contributed by atoms with Gasteiger partial charge in [-0.25, -0.2) is 0 Å². The molecule has 0 saturated carbocycles. The van der Waals surface area contributed by atoms with Gasteiger partial charge in [0.1, 0.15) is 0 Å². The number of carbonyl (C=O) groups excluding carboxylic acids is 1. The fraction of sp³-hybridized carbons (Fsp3) is 0.235. The highest BCUT2D eigenvalue weighted by molar-refractivity contribution is 9.09. The summed E-state index contributed by atoms with van der Waals surface area (Å²) in [6.45, 7) is 2.06. The van der Waals surface area contributed by atoms with Gasteiger partial charge in [0, 0.05) is 10.9 Å². The van der Waals surface area contributed by atoms with Crippen LogP contribution < -0.4 is 5.32 Å². The highest BCUT2D eigenvalue weighted by Gasteiger charge is 2.16. The number of alkyl halides is 1. The van der Waals surface area contributed by atoms with Gasteiger partial charge in [0.25, 0.3) is 5.91 Å². The van der Waals surface area contributed by atoms with E-state index in [1.807, 2.05) is 54.6 Å². The molecule has 2 aromatic rings. The third-order valence-electron chi connectivity index (χ3n) is 3.30. The third-order valence-corrected chi connectivity index (χ3v) is 3.95. The second kappa shape index (κ2) is 7.25. The lowest BCUT2D eigenvalue weighted by molar-refractivity contribution is 0.0940. The topological polar surface area (TPSA) is 29.1 Å². The van der Waals surface area contributed by atoms with Crippen molar-refractivity contribution in [2.75, 3.05) is 5.33 Å². The van der Waals surface area contributed by atoms with E-state index in [0.29, 0.717) is 5.33 Å². The molecule has 1 atom stereocenters. The fourth-order valence-corrected chi connectivity index (χ4v) is 2.72. The van der Waals surface area contributed by atoms with Crippen molar-refractivity contribution >= 4 is 21.8 Å². The minimum absolute atomic E-state index is 0.0178. The Labute approximate surface area is 128 Å². The number of amides is 1. The van der Waals surface area contributed by atoms with E-state index in [1.165, 1.54) is 0 Å². The van der Waals surface area contributed by atoms with E-state index in [1.54, 1.807) is 0 Å². The maximum Gasteiger partial charge on any atom is 0.252 e. The van der Waals surface area contributed by atoms with Gasteiger partial charge in [-0.15, -0.1) is 0 Å². The molecule has 0 aromatic heterocycles. The summed E-state index contributed by atoms with van der Waals surface area (Å²) in [5.41, 5.74) is 2.94. The Morgan fingerprint density at radius 3 is 2.40 bits per heavy atom. The second-order valence-electron chi connectivity index (χ2n) is 4.60. The average molecular weight is 332 g/mol. The first-order valence-electron chi connectivity index (χ1n) is 6.76. The van der Waals surface area contributed by atoms with Gasteiger partial charge >= 0.3 is 0 Å². The van der Waals surface area contributed by atoms with E-state index in [2.05, 4.69) is 28.2 Å². The first-order valence-corrected chi connectivity index (χ1v) is 7.88. The first-order chi connectivity index (χ1) is 9.76. The molecule has 0 aliphatic carbocycles. The monoisotopic (exact) mass is 331 g/mol. The van der Waals surface area contributed by atoms with Crippen molar-refractivity contribution in [3.05, 3.63) is 71.3 Å². The number of hydrogen-bond acceptors (Lipinski definition) is 1. The molecule has 0 radical (unpaired) electrons. The summed E-state index contributed by atoms with van der Waals surface area (Å²) in [7, 11) is 0. The molecule has 0 spiro atoms. The summed E-state index contributed by atoms with van der Waals surface area (Å²) < 4.78 is 0. The number of benzene rings is 2. The Morgan fingerprint density at radius 2 is 1.75 bits per heavy atom. The SMILES string of the molecule is CCc1ccccc1C(=O)NC(CBr)c1ccccc1. The van der Waals surface area contributed by atoms with Crippen molar-refractivity contribution in [3.8, 4) is 0 Å². The minimum atomic E-state index is -0.0198. The summed E-state index contributed by atoms with van der Waals surface area (Å²) >= 11 is 3.47. The van der Waals surface area contributed by atoms with E-state index in [9.17, 15) is 4.79 Å². The molecule has 0 fully saturated rings. The van der Waals surface area contributed by atoms with E-state index < -0.39 is 0 Å². The second-order valence-corrected chi connectivity index (χ2v) is 5.25. The van der Waals surface area contributed by atoms with Gasteiger partial charge in [0.15, 0.2) is 0 Å². The lowest BCUT2D eigenvalue weighted by atomic mass is 10.0. The van der Waals surface area contributed by atoms with Gasteiger partial charge in [-0.05, 0) is 23.6 Å². The van der Waals surface area contributed by atoms with Gasteiger partial charge in [0.2, 0.25) is 0 Å². The Kier molecular flexibility index (Phi) is 5.36. The molecule has 0 aliphatic heterocycles. The largest absolute Gasteiger partial charge is 0.344 e. The van der Waals surface area contributed by atoms with Gasteiger partial charge in [0.05, 0.1) is 6.04 Å². The van der Waals surface area contributed by atoms with Gasteiger partial charge in [-0.1, -0.05) is 71.4 Å². The Morgan fingerprint density at radius 1 is 1.10 bits per heavy atom. The van der Waals surface area contributed by atoms with Crippen LogP contribution in [-0.4, -0.2) is 11.2 Å². The smallest absolute Gasteiger partial charge is 0.252 e. The lowest BCUT2D eigenvalue weighted by Crippen LogP contribution is -2.30. The Balaban J connectivity index is 2.18. The third kappa shape index (κ3) is 3.48.